The second-order valence-electron chi connectivity index (χ2n) is 8.06. The van der Waals surface area contributed by atoms with Gasteiger partial charge in [0.15, 0.2) is 9.84 Å². The minimum Gasteiger partial charge on any atom is -0.394 e. The van der Waals surface area contributed by atoms with Crippen LogP contribution in [0, 0.1) is 0 Å². The molecule has 10 heteroatoms. The molecule has 0 aromatic carbocycles. The summed E-state index contributed by atoms with van der Waals surface area (Å²) >= 11 is 0. The molecule has 9 nitrogen and oxygen atoms in total. The van der Waals surface area contributed by atoms with Gasteiger partial charge in [-0.3, -0.25) is 10.1 Å². The Labute approximate surface area is 165 Å². The summed E-state index contributed by atoms with van der Waals surface area (Å²) in [6.07, 6.45) is 0.765. The van der Waals surface area contributed by atoms with Gasteiger partial charge in [-0.1, -0.05) is 19.0 Å². The number of ether oxygens (including phenoxy) is 2. The van der Waals surface area contributed by atoms with E-state index in [4.69, 9.17) is 19.1 Å². The van der Waals surface area contributed by atoms with Gasteiger partial charge in [0.25, 0.3) is 0 Å². The van der Waals surface area contributed by atoms with E-state index in [1.807, 2.05) is 13.8 Å². The van der Waals surface area contributed by atoms with Gasteiger partial charge in [-0.15, -0.1) is 0 Å². The number of hydrogen-bond donors (Lipinski definition) is 2. The van der Waals surface area contributed by atoms with Crippen LogP contribution in [0.5, 0.6) is 0 Å². The third kappa shape index (κ3) is 4.91. The molecule has 1 saturated heterocycles. The van der Waals surface area contributed by atoms with E-state index in [9.17, 15) is 13.2 Å². The molecule has 28 heavy (non-hydrogen) atoms. The second kappa shape index (κ2) is 8.89. The molecule has 2 N–H and O–H groups in total. The van der Waals surface area contributed by atoms with Crippen LogP contribution in [0.2, 0.25) is 0 Å². The van der Waals surface area contributed by atoms with Crippen LogP contribution < -0.4 is 5.32 Å². The Balaban J connectivity index is 2.08. The van der Waals surface area contributed by atoms with E-state index in [2.05, 4.69) is 10.5 Å². The van der Waals surface area contributed by atoms with Crippen molar-refractivity contribution in [1.29, 1.82) is 0 Å². The Bertz CT molecular complexity index is 765. The summed E-state index contributed by atoms with van der Waals surface area (Å²) in [6.45, 7) is 7.75. The van der Waals surface area contributed by atoms with Gasteiger partial charge < -0.3 is 19.1 Å². The first kappa shape index (κ1) is 22.8. The van der Waals surface area contributed by atoms with Crippen LogP contribution in [0.1, 0.15) is 46.2 Å². The number of nitrogens with one attached hydrogen (secondary N) is 1. The highest BCUT2D eigenvalue weighted by atomic mass is 32.2. The van der Waals surface area contributed by atoms with Crippen LogP contribution in [0.25, 0.3) is 0 Å². The first-order valence-corrected chi connectivity index (χ1v) is 10.9. The highest BCUT2D eigenvalue weighted by Gasteiger charge is 2.47. The van der Waals surface area contributed by atoms with Gasteiger partial charge in [0, 0.05) is 24.7 Å². The lowest BCUT2D eigenvalue weighted by Crippen LogP contribution is -2.50. The monoisotopic (exact) mass is 418 g/mol. The van der Waals surface area contributed by atoms with Crippen molar-refractivity contribution < 1.29 is 32.3 Å². The molecule has 2 heterocycles. The lowest BCUT2D eigenvalue weighted by atomic mass is 9.90. The van der Waals surface area contributed by atoms with E-state index in [0.29, 0.717) is 38.4 Å². The van der Waals surface area contributed by atoms with Crippen molar-refractivity contribution in [3.05, 3.63) is 11.8 Å². The predicted molar refractivity (Wildman–Crippen MR) is 103 cm³/mol. The van der Waals surface area contributed by atoms with E-state index in [0.717, 1.165) is 0 Å². The van der Waals surface area contributed by atoms with Gasteiger partial charge >= 0.3 is 0 Å². The molecule has 1 aromatic rings. The molecular formula is C18H30N2O7S. The summed E-state index contributed by atoms with van der Waals surface area (Å²) < 4.78 is 40.0. The summed E-state index contributed by atoms with van der Waals surface area (Å²) in [5.74, 6) is -0.596. The first-order valence-electron chi connectivity index (χ1n) is 9.31. The smallest absolute Gasteiger partial charge is 0.247 e. The maximum atomic E-state index is 13.0. The standard InChI is InChI=1S/C18H30N2O7S/c1-17(2,12-26-10-7-21)14-11-15(27-20-14)19-16(22)18(3,4)28(23,24)13-5-8-25-9-6-13/h11,13,21H,5-10,12H2,1-4H3,(H,19,22). The van der Waals surface area contributed by atoms with Gasteiger partial charge in [-0.25, -0.2) is 8.42 Å². The predicted octanol–water partition coefficient (Wildman–Crippen LogP) is 1.27. The van der Waals surface area contributed by atoms with E-state index in [-0.39, 0.29) is 19.1 Å². The highest BCUT2D eigenvalue weighted by Crippen LogP contribution is 2.30. The molecule has 160 valence electrons. The Hall–Kier alpha value is -1.49. The molecule has 0 atom stereocenters. The zero-order valence-corrected chi connectivity index (χ0v) is 17.7. The molecule has 0 unspecified atom stereocenters. The molecule has 0 saturated carbocycles. The van der Waals surface area contributed by atoms with Crippen molar-refractivity contribution in [3.8, 4) is 0 Å². The van der Waals surface area contributed by atoms with Crippen LogP contribution in [-0.4, -0.2) is 67.6 Å². The summed E-state index contributed by atoms with van der Waals surface area (Å²) in [4.78, 5) is 12.7. The fourth-order valence-corrected chi connectivity index (χ4v) is 4.87. The fraction of sp³-hybridized carbons (Fsp3) is 0.778. The van der Waals surface area contributed by atoms with Gasteiger partial charge in [0.2, 0.25) is 11.8 Å². The minimum atomic E-state index is -3.72. The highest BCUT2D eigenvalue weighted by molar-refractivity contribution is 7.94. The molecule has 1 aliphatic heterocycles. The molecule has 0 spiro atoms. The van der Waals surface area contributed by atoms with Crippen LogP contribution in [0.3, 0.4) is 0 Å². The summed E-state index contributed by atoms with van der Waals surface area (Å²) in [6, 6.07) is 1.55. The molecular weight excluding hydrogens is 388 g/mol. The maximum Gasteiger partial charge on any atom is 0.247 e. The zero-order chi connectivity index (χ0) is 21.0. The quantitative estimate of drug-likeness (QED) is 0.574. The van der Waals surface area contributed by atoms with Crippen molar-refractivity contribution in [2.24, 2.45) is 0 Å². The number of amides is 1. The normalized spacial score (nSPS) is 16.9. The average molecular weight is 419 g/mol. The lowest BCUT2D eigenvalue weighted by molar-refractivity contribution is -0.118. The van der Waals surface area contributed by atoms with E-state index >= 15 is 0 Å². The Morgan fingerprint density at radius 1 is 1.32 bits per heavy atom. The number of anilines is 1. The van der Waals surface area contributed by atoms with Crippen LogP contribution in [0.15, 0.2) is 10.6 Å². The molecule has 0 aliphatic carbocycles. The van der Waals surface area contributed by atoms with Crippen molar-refractivity contribution in [2.45, 2.75) is 55.9 Å². The third-order valence-corrected chi connectivity index (χ3v) is 7.96. The van der Waals surface area contributed by atoms with E-state index in [1.54, 1.807) is 6.07 Å². The number of aromatic nitrogens is 1. The minimum absolute atomic E-state index is 0.0745. The van der Waals surface area contributed by atoms with Crippen molar-refractivity contribution in [2.75, 3.05) is 38.4 Å². The van der Waals surface area contributed by atoms with Crippen molar-refractivity contribution in [3.63, 3.8) is 0 Å². The largest absolute Gasteiger partial charge is 0.394 e. The molecule has 1 amide bonds. The molecule has 1 aromatic heterocycles. The molecule has 2 rings (SSSR count). The number of nitrogens with zero attached hydrogens (tertiary/aromatic N) is 1. The summed E-state index contributed by atoms with van der Waals surface area (Å²) in [5.41, 5.74) is 0.0385. The maximum absolute atomic E-state index is 13.0. The number of aliphatic hydroxyl groups excluding tert-OH is 1. The Kier molecular flexibility index (Phi) is 7.24. The molecule has 1 fully saturated rings. The van der Waals surface area contributed by atoms with Gasteiger partial charge in [-0.05, 0) is 26.7 Å². The topological polar surface area (TPSA) is 128 Å². The van der Waals surface area contributed by atoms with Gasteiger partial charge in [0.1, 0.15) is 4.75 Å². The number of sulfone groups is 1. The van der Waals surface area contributed by atoms with Gasteiger partial charge in [-0.2, -0.15) is 0 Å². The second-order valence-corrected chi connectivity index (χ2v) is 10.8. The Morgan fingerprint density at radius 3 is 2.57 bits per heavy atom. The van der Waals surface area contributed by atoms with Crippen LogP contribution in [-0.2, 0) is 29.5 Å². The van der Waals surface area contributed by atoms with E-state index in [1.165, 1.54) is 13.8 Å². The zero-order valence-electron chi connectivity index (χ0n) is 16.9. The SMILES string of the molecule is CC(C)(COCCO)c1cc(NC(=O)C(C)(C)S(=O)(=O)C2CCOCC2)on1. The molecule has 1 aliphatic rings. The van der Waals surface area contributed by atoms with Crippen molar-refractivity contribution in [1.82, 2.24) is 5.16 Å². The number of carbonyl (C=O) groups excluding carboxylic acids is 1. The number of rotatable bonds is 9. The first-order chi connectivity index (χ1) is 13.0. The van der Waals surface area contributed by atoms with Crippen LogP contribution >= 0.6 is 0 Å². The van der Waals surface area contributed by atoms with Gasteiger partial charge in [0.05, 0.1) is 30.8 Å². The number of carbonyl (C=O) groups is 1. The van der Waals surface area contributed by atoms with E-state index < -0.39 is 31.2 Å². The number of aliphatic hydroxyl groups is 1. The average Bonchev–Trinajstić information content (AvgIpc) is 3.12. The molecule has 0 radical (unpaired) electrons. The Morgan fingerprint density at radius 2 is 1.96 bits per heavy atom. The number of hydrogen-bond acceptors (Lipinski definition) is 8. The van der Waals surface area contributed by atoms with Crippen LogP contribution in [0.4, 0.5) is 5.88 Å². The molecule has 0 bridgehead atoms. The lowest BCUT2D eigenvalue weighted by Gasteiger charge is -2.30. The fourth-order valence-electron chi connectivity index (χ4n) is 2.91. The summed E-state index contributed by atoms with van der Waals surface area (Å²) in [5, 5.41) is 14.7. The third-order valence-electron chi connectivity index (χ3n) is 5.00. The summed E-state index contributed by atoms with van der Waals surface area (Å²) in [7, 11) is -3.72. The van der Waals surface area contributed by atoms with Crippen molar-refractivity contribution >= 4 is 21.6 Å².